The van der Waals surface area contributed by atoms with Crippen LogP contribution in [0.15, 0.2) is 0 Å². The second-order valence-corrected chi connectivity index (χ2v) is 4.30. The Balaban J connectivity index is 2.07. The summed E-state index contributed by atoms with van der Waals surface area (Å²) >= 11 is 0. The Morgan fingerprint density at radius 3 is 2.27 bits per heavy atom. The van der Waals surface area contributed by atoms with Crippen molar-refractivity contribution in [3.8, 4) is 0 Å². The van der Waals surface area contributed by atoms with Gasteiger partial charge in [0, 0.05) is 0 Å². The predicted molar refractivity (Wildman–Crippen MR) is 49.3 cm³/mol. The molecule has 1 aliphatic carbocycles. The molecule has 0 saturated heterocycles. The van der Waals surface area contributed by atoms with Gasteiger partial charge < -0.3 is 5.73 Å². The van der Waals surface area contributed by atoms with E-state index in [-0.39, 0.29) is 0 Å². The number of hydrogen-bond donors (Lipinski definition) is 1. The molecule has 0 radical (unpaired) electrons. The second-order valence-electron chi connectivity index (χ2n) is 4.30. The topological polar surface area (TPSA) is 26.0 Å². The largest absolute Gasteiger partial charge is 0.330 e. The van der Waals surface area contributed by atoms with Crippen LogP contribution in [0.25, 0.3) is 0 Å². The SMILES string of the molecule is CC(C)CCC1CCC1CN. The van der Waals surface area contributed by atoms with Gasteiger partial charge in [-0.2, -0.15) is 0 Å². The quantitative estimate of drug-likeness (QED) is 0.663. The van der Waals surface area contributed by atoms with Gasteiger partial charge in [-0.15, -0.1) is 0 Å². The maximum absolute atomic E-state index is 5.63. The van der Waals surface area contributed by atoms with Crippen LogP contribution in [0, 0.1) is 17.8 Å². The lowest BCUT2D eigenvalue weighted by Gasteiger charge is -2.36. The Morgan fingerprint density at radius 2 is 1.91 bits per heavy atom. The van der Waals surface area contributed by atoms with Crippen LogP contribution in [0.3, 0.4) is 0 Å². The number of hydrogen-bond acceptors (Lipinski definition) is 1. The lowest BCUT2D eigenvalue weighted by Crippen LogP contribution is -2.32. The zero-order chi connectivity index (χ0) is 8.27. The van der Waals surface area contributed by atoms with Crippen molar-refractivity contribution in [1.82, 2.24) is 0 Å². The molecule has 0 bridgehead atoms. The van der Waals surface area contributed by atoms with Gasteiger partial charge in [0.2, 0.25) is 0 Å². The fourth-order valence-electron chi connectivity index (χ4n) is 1.88. The van der Waals surface area contributed by atoms with E-state index in [9.17, 15) is 0 Å². The first-order valence-corrected chi connectivity index (χ1v) is 4.94. The molecule has 2 N–H and O–H groups in total. The Hall–Kier alpha value is -0.0400. The molecule has 1 nitrogen and oxygen atoms in total. The molecule has 11 heavy (non-hydrogen) atoms. The van der Waals surface area contributed by atoms with Crippen LogP contribution in [0.2, 0.25) is 0 Å². The van der Waals surface area contributed by atoms with Gasteiger partial charge in [-0.25, -0.2) is 0 Å². The average molecular weight is 155 g/mol. The molecule has 66 valence electrons. The van der Waals surface area contributed by atoms with Crippen molar-refractivity contribution in [3.05, 3.63) is 0 Å². The van der Waals surface area contributed by atoms with Crippen LogP contribution >= 0.6 is 0 Å². The molecule has 0 aliphatic heterocycles. The first-order chi connectivity index (χ1) is 5.24. The maximum atomic E-state index is 5.63. The van der Waals surface area contributed by atoms with Crippen LogP contribution in [0.1, 0.15) is 39.5 Å². The first-order valence-electron chi connectivity index (χ1n) is 4.94. The highest BCUT2D eigenvalue weighted by Gasteiger charge is 2.28. The molecule has 2 unspecified atom stereocenters. The highest BCUT2D eigenvalue weighted by Crippen LogP contribution is 2.37. The smallest absolute Gasteiger partial charge is 0.00462 e. The van der Waals surface area contributed by atoms with Crippen LogP contribution in [0.4, 0.5) is 0 Å². The fraction of sp³-hybridized carbons (Fsp3) is 1.00. The minimum atomic E-state index is 0.869. The van der Waals surface area contributed by atoms with Crippen LogP contribution < -0.4 is 5.73 Å². The highest BCUT2D eigenvalue weighted by atomic mass is 14.6. The highest BCUT2D eigenvalue weighted by molar-refractivity contribution is 4.81. The molecule has 1 rings (SSSR count). The third kappa shape index (κ3) is 2.48. The van der Waals surface area contributed by atoms with Crippen molar-refractivity contribution < 1.29 is 0 Å². The molecular formula is C10H21N. The van der Waals surface area contributed by atoms with Crippen molar-refractivity contribution >= 4 is 0 Å². The Labute approximate surface area is 70.4 Å². The van der Waals surface area contributed by atoms with Gasteiger partial charge in [-0.3, -0.25) is 0 Å². The summed E-state index contributed by atoms with van der Waals surface area (Å²) in [4.78, 5) is 0. The van der Waals surface area contributed by atoms with Crippen molar-refractivity contribution in [2.45, 2.75) is 39.5 Å². The maximum Gasteiger partial charge on any atom is -0.00462 e. The molecule has 1 heteroatoms. The lowest BCUT2D eigenvalue weighted by molar-refractivity contribution is 0.163. The minimum absolute atomic E-state index is 0.869. The molecule has 0 spiro atoms. The summed E-state index contributed by atoms with van der Waals surface area (Å²) in [6.45, 7) is 5.52. The molecule has 1 fully saturated rings. The minimum Gasteiger partial charge on any atom is -0.330 e. The van der Waals surface area contributed by atoms with Crippen LogP contribution in [-0.4, -0.2) is 6.54 Å². The van der Waals surface area contributed by atoms with E-state index in [1.807, 2.05) is 0 Å². The summed E-state index contributed by atoms with van der Waals surface area (Å²) in [6.07, 6.45) is 5.63. The zero-order valence-corrected chi connectivity index (χ0v) is 7.84. The fourth-order valence-corrected chi connectivity index (χ4v) is 1.88. The Kier molecular flexibility index (Phi) is 3.38. The van der Waals surface area contributed by atoms with Gasteiger partial charge in [0.15, 0.2) is 0 Å². The van der Waals surface area contributed by atoms with Crippen molar-refractivity contribution in [1.29, 1.82) is 0 Å². The molecule has 0 aromatic heterocycles. The summed E-state index contributed by atoms with van der Waals surface area (Å²) in [6, 6.07) is 0. The molecule has 0 aromatic carbocycles. The first kappa shape index (κ1) is 9.05. The van der Waals surface area contributed by atoms with Gasteiger partial charge in [0.1, 0.15) is 0 Å². The standard InChI is InChI=1S/C10H21N/c1-8(2)3-4-9-5-6-10(9)7-11/h8-10H,3-7,11H2,1-2H3. The van der Waals surface area contributed by atoms with E-state index in [4.69, 9.17) is 5.73 Å². The summed E-state index contributed by atoms with van der Waals surface area (Å²) in [5, 5.41) is 0. The van der Waals surface area contributed by atoms with Gasteiger partial charge in [-0.1, -0.05) is 20.3 Å². The molecule has 0 aromatic rings. The van der Waals surface area contributed by atoms with Gasteiger partial charge in [0.25, 0.3) is 0 Å². The molecule has 1 saturated carbocycles. The zero-order valence-electron chi connectivity index (χ0n) is 7.84. The van der Waals surface area contributed by atoms with Crippen molar-refractivity contribution in [2.24, 2.45) is 23.5 Å². The third-order valence-electron chi connectivity index (χ3n) is 2.99. The van der Waals surface area contributed by atoms with Gasteiger partial charge in [0.05, 0.1) is 0 Å². The van der Waals surface area contributed by atoms with Crippen molar-refractivity contribution in [2.75, 3.05) is 6.54 Å². The van der Waals surface area contributed by atoms with E-state index in [0.29, 0.717) is 0 Å². The predicted octanol–water partition coefficient (Wildman–Crippen LogP) is 2.41. The summed E-state index contributed by atoms with van der Waals surface area (Å²) in [5.74, 6) is 2.71. The van der Waals surface area contributed by atoms with E-state index in [1.165, 1.54) is 25.7 Å². The van der Waals surface area contributed by atoms with Gasteiger partial charge in [-0.05, 0) is 43.6 Å². The second kappa shape index (κ2) is 4.10. The normalized spacial score (nSPS) is 30.5. The average Bonchev–Trinajstić information content (AvgIpc) is 1.86. The summed E-state index contributed by atoms with van der Waals surface area (Å²) < 4.78 is 0. The monoisotopic (exact) mass is 155 g/mol. The third-order valence-corrected chi connectivity index (χ3v) is 2.99. The summed E-state index contributed by atoms with van der Waals surface area (Å²) in [7, 11) is 0. The van der Waals surface area contributed by atoms with E-state index in [2.05, 4.69) is 13.8 Å². The molecule has 2 atom stereocenters. The molecule has 0 heterocycles. The summed E-state index contributed by atoms with van der Waals surface area (Å²) in [5.41, 5.74) is 5.63. The van der Waals surface area contributed by atoms with E-state index in [0.717, 1.165) is 24.3 Å². The van der Waals surface area contributed by atoms with E-state index in [1.54, 1.807) is 0 Å². The Bertz CT molecular complexity index is 107. The lowest BCUT2D eigenvalue weighted by atomic mass is 9.71. The van der Waals surface area contributed by atoms with Gasteiger partial charge >= 0.3 is 0 Å². The van der Waals surface area contributed by atoms with E-state index < -0.39 is 0 Å². The number of nitrogens with two attached hydrogens (primary N) is 1. The number of rotatable bonds is 4. The van der Waals surface area contributed by atoms with E-state index >= 15 is 0 Å². The molecule has 1 aliphatic rings. The van der Waals surface area contributed by atoms with Crippen molar-refractivity contribution in [3.63, 3.8) is 0 Å². The molecule has 0 amide bonds. The molecular weight excluding hydrogens is 134 g/mol. The van der Waals surface area contributed by atoms with Crippen LogP contribution in [0.5, 0.6) is 0 Å². The Morgan fingerprint density at radius 1 is 1.27 bits per heavy atom. The van der Waals surface area contributed by atoms with Crippen LogP contribution in [-0.2, 0) is 0 Å².